The first kappa shape index (κ1) is 18.9. The van der Waals surface area contributed by atoms with Crippen LogP contribution in [0.1, 0.15) is 22.0 Å². The van der Waals surface area contributed by atoms with E-state index in [1.807, 2.05) is 6.07 Å². The summed E-state index contributed by atoms with van der Waals surface area (Å²) in [6, 6.07) is 11.9. The molecule has 1 fully saturated rings. The Balaban J connectivity index is 1.49. The molecule has 0 spiro atoms. The van der Waals surface area contributed by atoms with Crippen molar-refractivity contribution in [3.05, 3.63) is 59.4 Å². The fourth-order valence-electron chi connectivity index (χ4n) is 3.49. The van der Waals surface area contributed by atoms with Gasteiger partial charge in [0.2, 0.25) is 0 Å². The molecule has 4 rings (SSSR count). The summed E-state index contributed by atoms with van der Waals surface area (Å²) in [5, 5.41) is 3.04. The Bertz CT molecular complexity index is 953. The maximum atomic E-state index is 13.4. The van der Waals surface area contributed by atoms with Crippen LogP contribution in [0.5, 0.6) is 0 Å². The van der Waals surface area contributed by atoms with Gasteiger partial charge in [0, 0.05) is 38.3 Å². The Morgan fingerprint density at radius 2 is 1.82 bits per heavy atom. The van der Waals surface area contributed by atoms with Crippen molar-refractivity contribution in [2.24, 2.45) is 0 Å². The second-order valence-electron chi connectivity index (χ2n) is 7.08. The summed E-state index contributed by atoms with van der Waals surface area (Å²) in [5.74, 6) is -0.397. The Hall–Kier alpha value is -2.42. The highest BCUT2D eigenvalue weighted by Gasteiger charge is 2.24. The number of piperazine rings is 1. The van der Waals surface area contributed by atoms with Crippen LogP contribution in [0.4, 0.5) is 4.39 Å². The van der Waals surface area contributed by atoms with Crippen LogP contribution in [0.15, 0.2) is 42.5 Å². The molecule has 1 atom stereocenters. The molecule has 1 amide bonds. The first-order valence-corrected chi connectivity index (χ1v) is 10.0. The zero-order valence-electron chi connectivity index (χ0n) is 15.6. The molecule has 6 nitrogen and oxygen atoms in total. The molecule has 3 aromatic rings. The number of hydrogen-bond acceptors (Lipinski definition) is 6. The first-order valence-electron chi connectivity index (χ1n) is 9.29. The van der Waals surface area contributed by atoms with Crippen molar-refractivity contribution in [2.75, 3.05) is 39.8 Å². The van der Waals surface area contributed by atoms with E-state index in [1.165, 1.54) is 12.1 Å². The van der Waals surface area contributed by atoms with Crippen molar-refractivity contribution in [1.82, 2.24) is 23.9 Å². The molecule has 1 saturated heterocycles. The lowest BCUT2D eigenvalue weighted by Crippen LogP contribution is -2.48. The summed E-state index contributed by atoms with van der Waals surface area (Å²) in [4.78, 5) is 17.3. The normalized spacial score (nSPS) is 16.9. The average Bonchev–Trinajstić information content (AvgIpc) is 3.18. The van der Waals surface area contributed by atoms with Crippen LogP contribution in [0.2, 0.25) is 0 Å². The predicted molar refractivity (Wildman–Crippen MR) is 108 cm³/mol. The van der Waals surface area contributed by atoms with E-state index in [0.717, 1.165) is 54.5 Å². The van der Waals surface area contributed by atoms with Crippen LogP contribution in [0.25, 0.3) is 11.0 Å². The Morgan fingerprint density at radius 3 is 2.57 bits per heavy atom. The summed E-state index contributed by atoms with van der Waals surface area (Å²) >= 11 is 1.14. The lowest BCUT2D eigenvalue weighted by Gasteiger charge is -2.38. The van der Waals surface area contributed by atoms with Gasteiger partial charge >= 0.3 is 0 Å². The maximum absolute atomic E-state index is 13.4. The minimum absolute atomic E-state index is 0.00270. The van der Waals surface area contributed by atoms with E-state index < -0.39 is 0 Å². The van der Waals surface area contributed by atoms with Crippen LogP contribution in [-0.2, 0) is 0 Å². The molecule has 2 heterocycles. The molecular weight excluding hydrogens is 377 g/mol. The van der Waals surface area contributed by atoms with Crippen molar-refractivity contribution >= 4 is 28.7 Å². The number of fused-ring (bicyclic) bond motifs is 1. The molecule has 146 valence electrons. The van der Waals surface area contributed by atoms with Crippen molar-refractivity contribution in [2.45, 2.75) is 6.04 Å². The Kier molecular flexibility index (Phi) is 5.61. The van der Waals surface area contributed by atoms with Gasteiger partial charge in [-0.15, -0.1) is 0 Å². The van der Waals surface area contributed by atoms with Crippen LogP contribution < -0.4 is 5.32 Å². The predicted octanol–water partition coefficient (Wildman–Crippen LogP) is 2.55. The molecule has 28 heavy (non-hydrogen) atoms. The van der Waals surface area contributed by atoms with Gasteiger partial charge in [-0.1, -0.05) is 12.1 Å². The lowest BCUT2D eigenvalue weighted by molar-refractivity contribution is 0.0886. The zero-order valence-corrected chi connectivity index (χ0v) is 16.5. The smallest absolute Gasteiger partial charge is 0.251 e. The molecule has 0 saturated carbocycles. The number of aromatic nitrogens is 2. The second-order valence-corrected chi connectivity index (χ2v) is 7.61. The fraction of sp³-hybridized carbons (Fsp3) is 0.350. The number of amides is 1. The fourth-order valence-corrected chi connectivity index (χ4v) is 4.01. The molecule has 1 aliphatic heterocycles. The van der Waals surface area contributed by atoms with Crippen molar-refractivity contribution < 1.29 is 9.18 Å². The molecular formula is C20H22FN5OS. The van der Waals surface area contributed by atoms with Gasteiger partial charge in [-0.2, -0.15) is 8.75 Å². The molecule has 0 aliphatic carbocycles. The van der Waals surface area contributed by atoms with Crippen LogP contribution in [0, 0.1) is 5.82 Å². The number of carbonyl (C=O) groups is 1. The Labute approximate surface area is 167 Å². The van der Waals surface area contributed by atoms with Gasteiger partial charge in [0.15, 0.2) is 0 Å². The van der Waals surface area contributed by atoms with E-state index in [4.69, 9.17) is 0 Å². The van der Waals surface area contributed by atoms with Crippen molar-refractivity contribution in [3.63, 3.8) is 0 Å². The number of hydrogen-bond donors (Lipinski definition) is 1. The molecule has 0 radical (unpaired) electrons. The topological polar surface area (TPSA) is 61.4 Å². The standard InChI is InChI=1S/C20H22FN5OS/c1-25-8-10-26(11-9-25)19(14-2-5-16(21)6-3-14)13-22-20(27)15-4-7-17-18(12-15)24-28-23-17/h2-7,12,19H,8-11,13H2,1H3,(H,22,27)/t19-/m1/s1. The van der Waals surface area contributed by atoms with Crippen molar-refractivity contribution in [1.29, 1.82) is 0 Å². The van der Waals surface area contributed by atoms with E-state index in [-0.39, 0.29) is 17.8 Å². The maximum Gasteiger partial charge on any atom is 0.251 e. The quantitative estimate of drug-likeness (QED) is 0.715. The molecule has 8 heteroatoms. The molecule has 0 unspecified atom stereocenters. The van der Waals surface area contributed by atoms with E-state index in [0.29, 0.717) is 12.1 Å². The van der Waals surface area contributed by atoms with Gasteiger partial charge in [0.25, 0.3) is 5.91 Å². The summed E-state index contributed by atoms with van der Waals surface area (Å²) in [6.07, 6.45) is 0. The van der Waals surface area contributed by atoms with Crippen LogP contribution in [0.3, 0.4) is 0 Å². The van der Waals surface area contributed by atoms with E-state index in [1.54, 1.807) is 24.3 Å². The largest absolute Gasteiger partial charge is 0.350 e. The number of rotatable bonds is 5. The highest BCUT2D eigenvalue weighted by molar-refractivity contribution is 7.00. The number of nitrogens with zero attached hydrogens (tertiary/aromatic N) is 4. The minimum Gasteiger partial charge on any atom is -0.350 e. The third-order valence-electron chi connectivity index (χ3n) is 5.21. The molecule has 2 aromatic carbocycles. The van der Waals surface area contributed by atoms with Gasteiger partial charge in [-0.3, -0.25) is 9.69 Å². The first-order chi connectivity index (χ1) is 13.6. The summed E-state index contributed by atoms with van der Waals surface area (Å²) in [6.45, 7) is 4.22. The Morgan fingerprint density at radius 1 is 1.11 bits per heavy atom. The van der Waals surface area contributed by atoms with Gasteiger partial charge in [0.1, 0.15) is 16.9 Å². The van der Waals surface area contributed by atoms with Gasteiger partial charge < -0.3 is 10.2 Å². The van der Waals surface area contributed by atoms with Crippen LogP contribution >= 0.6 is 11.7 Å². The zero-order chi connectivity index (χ0) is 19.5. The lowest BCUT2D eigenvalue weighted by atomic mass is 10.0. The highest BCUT2D eigenvalue weighted by atomic mass is 32.1. The van der Waals surface area contributed by atoms with Gasteiger partial charge in [-0.25, -0.2) is 4.39 Å². The number of benzene rings is 2. The van der Waals surface area contributed by atoms with Crippen LogP contribution in [-0.4, -0.2) is 64.2 Å². The summed E-state index contributed by atoms with van der Waals surface area (Å²) in [5.41, 5.74) is 3.09. The average molecular weight is 399 g/mol. The molecule has 1 aromatic heterocycles. The number of carbonyl (C=O) groups excluding carboxylic acids is 1. The van der Waals surface area contributed by atoms with Gasteiger partial charge in [0.05, 0.1) is 17.8 Å². The minimum atomic E-state index is -0.255. The van der Waals surface area contributed by atoms with Gasteiger partial charge in [-0.05, 0) is 42.9 Å². The molecule has 1 aliphatic rings. The summed E-state index contributed by atoms with van der Waals surface area (Å²) in [7, 11) is 2.11. The molecule has 1 N–H and O–H groups in total. The second kappa shape index (κ2) is 8.30. The number of halogens is 1. The molecule has 0 bridgehead atoms. The third-order valence-corrected chi connectivity index (χ3v) is 5.76. The summed E-state index contributed by atoms with van der Waals surface area (Å²) < 4.78 is 21.7. The highest BCUT2D eigenvalue weighted by Crippen LogP contribution is 2.22. The third kappa shape index (κ3) is 4.19. The SMILES string of the molecule is CN1CCN([C@H](CNC(=O)c2ccc3nsnc3c2)c2ccc(F)cc2)CC1. The van der Waals surface area contributed by atoms with E-state index in [2.05, 4.69) is 30.9 Å². The van der Waals surface area contributed by atoms with E-state index >= 15 is 0 Å². The van der Waals surface area contributed by atoms with Crippen molar-refractivity contribution in [3.8, 4) is 0 Å². The number of nitrogens with one attached hydrogen (secondary N) is 1. The van der Waals surface area contributed by atoms with E-state index in [9.17, 15) is 9.18 Å². The number of likely N-dealkylation sites (N-methyl/N-ethyl adjacent to an activating group) is 1. The monoisotopic (exact) mass is 399 g/mol.